The molecule has 2 aromatic rings. The molecule has 0 N–H and O–H groups in total. The molecule has 1 unspecified atom stereocenters. The highest BCUT2D eigenvalue weighted by atomic mass is 32.2. The number of piperidine rings is 1. The van der Waals surface area contributed by atoms with Gasteiger partial charge in [-0.3, -0.25) is 9.58 Å². The molecule has 1 saturated carbocycles. The van der Waals surface area contributed by atoms with Gasteiger partial charge in [-0.1, -0.05) is 0 Å². The largest absolute Gasteiger partial charge is 0.296 e. The van der Waals surface area contributed by atoms with Gasteiger partial charge in [0.2, 0.25) is 0 Å². The molecular formula is C17H25N5O2S2. The van der Waals surface area contributed by atoms with Crippen molar-refractivity contribution in [3.8, 4) is 0 Å². The molecule has 2 aromatic heterocycles. The molecule has 0 aromatic carbocycles. The third kappa shape index (κ3) is 3.00. The number of aryl methyl sites for hydroxylation is 2. The van der Waals surface area contributed by atoms with E-state index in [9.17, 15) is 8.42 Å². The van der Waals surface area contributed by atoms with Crippen molar-refractivity contribution in [2.75, 3.05) is 20.1 Å². The Labute approximate surface area is 158 Å². The summed E-state index contributed by atoms with van der Waals surface area (Å²) in [7, 11) is 0.377. The van der Waals surface area contributed by atoms with Crippen LogP contribution in [0.15, 0.2) is 22.8 Å². The monoisotopic (exact) mass is 395 g/mol. The third-order valence-electron chi connectivity index (χ3n) is 5.91. The fourth-order valence-corrected chi connectivity index (χ4v) is 6.77. The first-order valence-electron chi connectivity index (χ1n) is 8.91. The van der Waals surface area contributed by atoms with Crippen LogP contribution in [0.25, 0.3) is 0 Å². The van der Waals surface area contributed by atoms with Gasteiger partial charge in [0.1, 0.15) is 5.01 Å². The Bertz CT molecular complexity index is 863. The minimum atomic E-state index is -3.47. The second kappa shape index (κ2) is 6.40. The summed E-state index contributed by atoms with van der Waals surface area (Å²) in [5, 5.41) is 7.56. The van der Waals surface area contributed by atoms with Crippen molar-refractivity contribution in [1.29, 1.82) is 0 Å². The minimum absolute atomic E-state index is 0.277. The van der Waals surface area contributed by atoms with Crippen LogP contribution < -0.4 is 0 Å². The lowest BCUT2D eigenvalue weighted by atomic mass is 9.93. The molecule has 142 valence electrons. The number of hydrogen-bond acceptors (Lipinski definition) is 6. The Morgan fingerprint density at radius 1 is 1.38 bits per heavy atom. The molecule has 2 aliphatic rings. The van der Waals surface area contributed by atoms with E-state index in [-0.39, 0.29) is 5.41 Å². The third-order valence-corrected chi connectivity index (χ3v) is 8.79. The van der Waals surface area contributed by atoms with Gasteiger partial charge >= 0.3 is 0 Å². The van der Waals surface area contributed by atoms with Crippen LogP contribution in [-0.4, -0.2) is 58.6 Å². The van der Waals surface area contributed by atoms with Gasteiger partial charge in [0.15, 0.2) is 5.03 Å². The molecule has 1 spiro atoms. The van der Waals surface area contributed by atoms with Crippen LogP contribution in [0.5, 0.6) is 0 Å². The maximum atomic E-state index is 13.0. The van der Waals surface area contributed by atoms with Crippen molar-refractivity contribution >= 4 is 21.4 Å². The van der Waals surface area contributed by atoms with E-state index >= 15 is 0 Å². The highest BCUT2D eigenvalue weighted by molar-refractivity contribution is 7.89. The van der Waals surface area contributed by atoms with Crippen LogP contribution in [-0.2, 0) is 23.6 Å². The summed E-state index contributed by atoms with van der Waals surface area (Å²) in [6.07, 6.45) is 6.47. The van der Waals surface area contributed by atoms with E-state index in [1.165, 1.54) is 4.68 Å². The number of aromatic nitrogens is 3. The van der Waals surface area contributed by atoms with Crippen molar-refractivity contribution < 1.29 is 8.42 Å². The van der Waals surface area contributed by atoms with Crippen molar-refractivity contribution in [3.05, 3.63) is 28.3 Å². The van der Waals surface area contributed by atoms with E-state index in [1.807, 2.05) is 11.6 Å². The van der Waals surface area contributed by atoms with Gasteiger partial charge in [-0.05, 0) is 38.6 Å². The topological polar surface area (TPSA) is 71.3 Å². The number of sulfonamides is 1. The van der Waals surface area contributed by atoms with Gasteiger partial charge in [0.25, 0.3) is 10.0 Å². The van der Waals surface area contributed by atoms with Crippen LogP contribution in [0.3, 0.4) is 0 Å². The summed E-state index contributed by atoms with van der Waals surface area (Å²) >= 11 is 1.69. The van der Waals surface area contributed by atoms with Crippen molar-refractivity contribution in [1.82, 2.24) is 24.0 Å². The summed E-state index contributed by atoms with van der Waals surface area (Å²) in [6, 6.07) is 0.537. The molecule has 0 bridgehead atoms. The first-order valence-corrected chi connectivity index (χ1v) is 11.2. The molecule has 26 heavy (non-hydrogen) atoms. The van der Waals surface area contributed by atoms with Crippen LogP contribution in [0, 0.1) is 12.3 Å². The highest BCUT2D eigenvalue weighted by Crippen LogP contribution is 2.56. The van der Waals surface area contributed by atoms with Gasteiger partial charge in [0.05, 0.1) is 12.7 Å². The zero-order valence-electron chi connectivity index (χ0n) is 15.4. The Kier molecular flexibility index (Phi) is 4.45. The maximum absolute atomic E-state index is 13.0. The fraction of sp³-hybridized carbons (Fsp3) is 0.647. The summed E-state index contributed by atoms with van der Waals surface area (Å²) < 4.78 is 29.1. The number of rotatable bonds is 5. The lowest BCUT2D eigenvalue weighted by molar-refractivity contribution is 0.196. The zero-order valence-corrected chi connectivity index (χ0v) is 17.1. The van der Waals surface area contributed by atoms with Gasteiger partial charge in [-0.25, -0.2) is 13.4 Å². The van der Waals surface area contributed by atoms with Crippen LogP contribution >= 0.6 is 11.3 Å². The second-order valence-corrected chi connectivity index (χ2v) is 10.4. The SMILES string of the molecule is Cc1cnn(C)c1S(=O)(=O)N1CCC2(CC1)CC2N(C)Cc1nccs1. The van der Waals surface area contributed by atoms with E-state index in [1.54, 1.807) is 35.8 Å². The standard InChI is InChI=1S/C17H25N5O2S2/c1-13-11-19-21(3)16(13)26(23,24)22-7-4-17(5-8-22)10-14(17)20(2)12-15-18-6-9-25-15/h6,9,11,14H,4-5,7-8,10,12H2,1-3H3. The van der Waals surface area contributed by atoms with Crippen LogP contribution in [0.2, 0.25) is 0 Å². The molecule has 0 amide bonds. The number of thiazole rings is 1. The minimum Gasteiger partial charge on any atom is -0.296 e. The molecule has 1 saturated heterocycles. The lowest BCUT2D eigenvalue weighted by Crippen LogP contribution is -2.42. The highest BCUT2D eigenvalue weighted by Gasteiger charge is 2.57. The quantitative estimate of drug-likeness (QED) is 0.773. The van der Waals surface area contributed by atoms with Crippen LogP contribution in [0.4, 0.5) is 0 Å². The summed E-state index contributed by atoms with van der Waals surface area (Å²) in [5.41, 5.74) is 0.986. The van der Waals surface area contributed by atoms with E-state index in [0.29, 0.717) is 29.7 Å². The first kappa shape index (κ1) is 18.1. The maximum Gasteiger partial charge on any atom is 0.260 e. The van der Waals surface area contributed by atoms with E-state index in [0.717, 1.165) is 30.8 Å². The molecule has 4 rings (SSSR count). The van der Waals surface area contributed by atoms with E-state index in [2.05, 4.69) is 22.0 Å². The summed E-state index contributed by atoms with van der Waals surface area (Å²) in [6.45, 7) is 3.86. The molecule has 1 aliphatic carbocycles. The van der Waals surface area contributed by atoms with Crippen molar-refractivity contribution in [2.45, 2.75) is 43.8 Å². The Morgan fingerprint density at radius 2 is 2.12 bits per heavy atom. The predicted molar refractivity (Wildman–Crippen MR) is 100 cm³/mol. The van der Waals surface area contributed by atoms with Crippen molar-refractivity contribution in [3.63, 3.8) is 0 Å². The molecule has 1 aliphatic heterocycles. The number of nitrogens with zero attached hydrogens (tertiary/aromatic N) is 5. The second-order valence-electron chi connectivity index (χ2n) is 7.58. The Morgan fingerprint density at radius 3 is 2.69 bits per heavy atom. The fourth-order valence-electron chi connectivity index (χ4n) is 4.34. The summed E-state index contributed by atoms with van der Waals surface area (Å²) in [4.78, 5) is 6.75. The summed E-state index contributed by atoms with van der Waals surface area (Å²) in [5.74, 6) is 0. The van der Waals surface area contributed by atoms with E-state index in [4.69, 9.17) is 0 Å². The molecule has 3 heterocycles. The zero-order chi connectivity index (χ0) is 18.5. The molecule has 1 atom stereocenters. The molecule has 9 heteroatoms. The lowest BCUT2D eigenvalue weighted by Gasteiger charge is -2.33. The average molecular weight is 396 g/mol. The first-order chi connectivity index (χ1) is 12.3. The normalized spacial score (nSPS) is 23.0. The average Bonchev–Trinajstić information content (AvgIpc) is 2.93. The predicted octanol–water partition coefficient (Wildman–Crippen LogP) is 1.86. The number of hydrogen-bond donors (Lipinski definition) is 0. The molecular weight excluding hydrogens is 370 g/mol. The van der Waals surface area contributed by atoms with Gasteiger partial charge < -0.3 is 0 Å². The Hall–Kier alpha value is -1.29. The van der Waals surface area contributed by atoms with Crippen LogP contribution in [0.1, 0.15) is 29.8 Å². The smallest absolute Gasteiger partial charge is 0.260 e. The molecule has 0 radical (unpaired) electrons. The van der Waals surface area contributed by atoms with Gasteiger partial charge in [-0.2, -0.15) is 9.40 Å². The molecule has 2 fully saturated rings. The van der Waals surface area contributed by atoms with Gasteiger partial charge in [0, 0.05) is 43.3 Å². The van der Waals surface area contributed by atoms with Crippen molar-refractivity contribution in [2.24, 2.45) is 12.5 Å². The van der Waals surface area contributed by atoms with Gasteiger partial charge in [-0.15, -0.1) is 11.3 Å². The Balaban J connectivity index is 1.41. The van der Waals surface area contributed by atoms with E-state index < -0.39 is 10.0 Å². The molecule has 7 nitrogen and oxygen atoms in total.